The molecule has 2 aliphatic heterocycles. The summed E-state index contributed by atoms with van der Waals surface area (Å²) in [5.41, 5.74) is 2.79. The van der Waals surface area contributed by atoms with Crippen molar-refractivity contribution in [1.29, 1.82) is 0 Å². The quantitative estimate of drug-likeness (QED) is 0.790. The number of rotatable bonds is 2. The van der Waals surface area contributed by atoms with Gasteiger partial charge in [-0.15, -0.1) is 0 Å². The molecule has 0 radical (unpaired) electrons. The van der Waals surface area contributed by atoms with Gasteiger partial charge in [-0.2, -0.15) is 5.10 Å². The number of hydrogen-bond donors (Lipinski definition) is 0. The Morgan fingerprint density at radius 3 is 2.04 bits per heavy atom. The van der Waals surface area contributed by atoms with Gasteiger partial charge in [0.1, 0.15) is 0 Å². The van der Waals surface area contributed by atoms with E-state index in [9.17, 15) is 9.59 Å². The van der Waals surface area contributed by atoms with E-state index in [1.807, 2.05) is 36.4 Å². The van der Waals surface area contributed by atoms with Gasteiger partial charge in [-0.3, -0.25) is 14.7 Å². The van der Waals surface area contributed by atoms with Crippen LogP contribution in [-0.4, -0.2) is 34.5 Å². The number of urea groups is 1. The standard InChI is InChI=1S/C17H14N4O2S/c1-19-17(24-12-18-19)15(22)20(13-8-4-2-5-9-13)16(23)21(17)14-10-6-3-7-11-14/h2-12H,1H3/t17-/m1/s1. The zero-order valence-corrected chi connectivity index (χ0v) is 13.7. The van der Waals surface area contributed by atoms with E-state index in [0.717, 1.165) is 0 Å². The summed E-state index contributed by atoms with van der Waals surface area (Å²) >= 11 is 1.22. The van der Waals surface area contributed by atoms with Crippen molar-refractivity contribution in [3.8, 4) is 0 Å². The molecule has 2 aromatic carbocycles. The number of thioether (sulfide) groups is 1. The normalized spacial score (nSPS) is 23.0. The Morgan fingerprint density at radius 2 is 1.50 bits per heavy atom. The summed E-state index contributed by atoms with van der Waals surface area (Å²) in [6.07, 6.45) is 0. The molecular formula is C17H14N4O2S. The van der Waals surface area contributed by atoms with Gasteiger partial charge >= 0.3 is 6.03 Å². The number of carbonyl (C=O) groups is 2. The highest BCUT2D eigenvalue weighted by atomic mass is 32.2. The van der Waals surface area contributed by atoms with Crippen LogP contribution in [0.5, 0.6) is 0 Å². The molecule has 0 saturated carbocycles. The molecule has 24 heavy (non-hydrogen) atoms. The van der Waals surface area contributed by atoms with Crippen molar-refractivity contribution in [2.75, 3.05) is 16.8 Å². The summed E-state index contributed by atoms with van der Waals surface area (Å²) in [5, 5.41) is 5.73. The molecule has 1 atom stereocenters. The van der Waals surface area contributed by atoms with Crippen LogP contribution in [-0.2, 0) is 4.79 Å². The van der Waals surface area contributed by atoms with Gasteiger partial charge in [-0.1, -0.05) is 36.4 Å². The molecule has 3 amide bonds. The van der Waals surface area contributed by atoms with E-state index in [1.54, 1.807) is 36.9 Å². The highest BCUT2D eigenvalue weighted by Gasteiger charge is 2.63. The number of hydrogen-bond acceptors (Lipinski definition) is 5. The number of nitrogens with zero attached hydrogens (tertiary/aromatic N) is 4. The number of likely N-dealkylation sites (N-methyl/N-ethyl adjacent to an activating group) is 1. The fourth-order valence-corrected chi connectivity index (χ4v) is 3.95. The Morgan fingerprint density at radius 1 is 0.917 bits per heavy atom. The first-order valence-corrected chi connectivity index (χ1v) is 8.27. The second-order valence-electron chi connectivity index (χ2n) is 5.40. The smallest absolute Gasteiger partial charge is 0.268 e. The van der Waals surface area contributed by atoms with E-state index in [-0.39, 0.29) is 11.9 Å². The number of hydrazone groups is 1. The molecule has 0 N–H and O–H groups in total. The summed E-state index contributed by atoms with van der Waals surface area (Å²) < 4.78 is 0. The number of carbonyl (C=O) groups excluding carboxylic acids is 2. The monoisotopic (exact) mass is 338 g/mol. The molecule has 7 heteroatoms. The molecular weight excluding hydrogens is 324 g/mol. The summed E-state index contributed by atoms with van der Waals surface area (Å²) in [5.74, 6) is -0.326. The van der Waals surface area contributed by atoms with Gasteiger partial charge in [-0.25, -0.2) is 9.69 Å². The van der Waals surface area contributed by atoms with Crippen LogP contribution >= 0.6 is 11.8 Å². The lowest BCUT2D eigenvalue weighted by Crippen LogP contribution is -2.55. The topological polar surface area (TPSA) is 56.2 Å². The summed E-state index contributed by atoms with van der Waals surface area (Å²) in [4.78, 5) is 27.9. The lowest BCUT2D eigenvalue weighted by Gasteiger charge is -2.34. The van der Waals surface area contributed by atoms with Crippen molar-refractivity contribution >= 4 is 40.6 Å². The van der Waals surface area contributed by atoms with Gasteiger partial charge < -0.3 is 0 Å². The molecule has 2 aliphatic rings. The Balaban J connectivity index is 1.88. The highest BCUT2D eigenvalue weighted by Crippen LogP contribution is 2.46. The second-order valence-corrected chi connectivity index (χ2v) is 6.42. The Labute approximate surface area is 143 Å². The fourth-order valence-electron chi connectivity index (χ4n) is 2.93. The van der Waals surface area contributed by atoms with Crippen LogP contribution in [0.4, 0.5) is 16.2 Å². The molecule has 2 heterocycles. The Hall–Kier alpha value is -2.80. The molecule has 1 saturated heterocycles. The van der Waals surface area contributed by atoms with Gasteiger partial charge in [0.25, 0.3) is 10.9 Å². The first-order valence-electron chi connectivity index (χ1n) is 7.39. The first-order chi connectivity index (χ1) is 11.7. The van der Waals surface area contributed by atoms with Gasteiger partial charge in [0.2, 0.25) is 0 Å². The fraction of sp³-hybridized carbons (Fsp3) is 0.118. The van der Waals surface area contributed by atoms with Crippen molar-refractivity contribution in [3.63, 3.8) is 0 Å². The van der Waals surface area contributed by atoms with Crippen molar-refractivity contribution in [1.82, 2.24) is 5.01 Å². The van der Waals surface area contributed by atoms with E-state index in [4.69, 9.17) is 0 Å². The minimum Gasteiger partial charge on any atom is -0.268 e. The highest BCUT2D eigenvalue weighted by molar-refractivity contribution is 8.14. The molecule has 2 aromatic rings. The Bertz CT molecular complexity index is 827. The summed E-state index contributed by atoms with van der Waals surface area (Å²) in [6.45, 7) is 0. The molecule has 6 nitrogen and oxygen atoms in total. The van der Waals surface area contributed by atoms with E-state index >= 15 is 0 Å². The zero-order chi connectivity index (χ0) is 16.7. The van der Waals surface area contributed by atoms with Crippen LogP contribution in [0.25, 0.3) is 0 Å². The maximum Gasteiger partial charge on any atom is 0.339 e. The van der Waals surface area contributed by atoms with Crippen LogP contribution in [0.1, 0.15) is 0 Å². The van der Waals surface area contributed by atoms with E-state index in [1.165, 1.54) is 26.6 Å². The molecule has 1 fully saturated rings. The second kappa shape index (κ2) is 5.38. The van der Waals surface area contributed by atoms with Crippen LogP contribution in [0.2, 0.25) is 0 Å². The Kier molecular flexibility index (Phi) is 3.31. The molecule has 0 aliphatic carbocycles. The van der Waals surface area contributed by atoms with Crippen molar-refractivity contribution in [3.05, 3.63) is 60.7 Å². The van der Waals surface area contributed by atoms with Crippen molar-refractivity contribution < 1.29 is 9.59 Å². The molecule has 0 aromatic heterocycles. The molecule has 4 rings (SSSR count). The molecule has 1 spiro atoms. The number of imide groups is 1. The average molecular weight is 338 g/mol. The van der Waals surface area contributed by atoms with Gasteiger partial charge in [-0.05, 0) is 36.0 Å². The lowest BCUT2D eigenvalue weighted by molar-refractivity contribution is -0.122. The zero-order valence-electron chi connectivity index (χ0n) is 12.9. The van der Waals surface area contributed by atoms with Gasteiger partial charge in [0.15, 0.2) is 0 Å². The maximum absolute atomic E-state index is 13.3. The third-order valence-corrected chi connectivity index (χ3v) is 5.22. The lowest BCUT2D eigenvalue weighted by atomic mass is 10.2. The van der Waals surface area contributed by atoms with E-state index in [2.05, 4.69) is 5.10 Å². The average Bonchev–Trinajstić information content (AvgIpc) is 3.09. The number of anilines is 2. The minimum absolute atomic E-state index is 0.326. The largest absolute Gasteiger partial charge is 0.339 e. The summed E-state index contributed by atoms with van der Waals surface area (Å²) in [7, 11) is 1.70. The summed E-state index contributed by atoms with van der Waals surface area (Å²) in [6, 6.07) is 17.7. The van der Waals surface area contributed by atoms with Crippen molar-refractivity contribution in [2.45, 2.75) is 4.99 Å². The van der Waals surface area contributed by atoms with Crippen LogP contribution in [0.15, 0.2) is 65.8 Å². The predicted octanol–water partition coefficient (Wildman–Crippen LogP) is 2.94. The molecule has 120 valence electrons. The predicted molar refractivity (Wildman–Crippen MR) is 94.8 cm³/mol. The van der Waals surface area contributed by atoms with Gasteiger partial charge in [0, 0.05) is 12.7 Å². The van der Waals surface area contributed by atoms with Crippen LogP contribution in [0, 0.1) is 0 Å². The minimum atomic E-state index is -1.23. The van der Waals surface area contributed by atoms with Crippen LogP contribution in [0.3, 0.4) is 0 Å². The molecule has 0 unspecified atom stereocenters. The number of amides is 3. The van der Waals surface area contributed by atoms with Gasteiger partial charge in [0.05, 0.1) is 11.2 Å². The SMILES string of the molecule is CN1N=CS[C@]12C(=O)N(c1ccccc1)C(=O)N2c1ccccc1. The van der Waals surface area contributed by atoms with Crippen LogP contribution < -0.4 is 9.80 Å². The van der Waals surface area contributed by atoms with Crippen molar-refractivity contribution in [2.24, 2.45) is 5.10 Å². The first kappa shape index (κ1) is 14.8. The van der Waals surface area contributed by atoms with E-state index in [0.29, 0.717) is 11.4 Å². The third-order valence-electron chi connectivity index (χ3n) is 4.07. The number of benzene rings is 2. The molecule has 0 bridgehead atoms. The number of para-hydroxylation sites is 2. The van der Waals surface area contributed by atoms with E-state index < -0.39 is 4.99 Å². The maximum atomic E-state index is 13.3. The third kappa shape index (κ3) is 1.88.